The first-order valence-corrected chi connectivity index (χ1v) is 9.69. The van der Waals surface area contributed by atoms with Crippen molar-refractivity contribution in [2.45, 2.75) is 24.6 Å². The number of amides is 1. The first kappa shape index (κ1) is 16.8. The van der Waals surface area contributed by atoms with Gasteiger partial charge in [0.1, 0.15) is 0 Å². The molecule has 1 atom stereocenters. The van der Waals surface area contributed by atoms with E-state index in [-0.39, 0.29) is 5.91 Å². The molecule has 0 aliphatic carbocycles. The normalized spacial score (nSPS) is 23.0. The fourth-order valence-corrected chi connectivity index (χ4v) is 4.17. The van der Waals surface area contributed by atoms with E-state index in [1.54, 1.807) is 11.8 Å². The number of hydrogen-bond acceptors (Lipinski definition) is 4. The van der Waals surface area contributed by atoms with Crippen LogP contribution in [0, 0.1) is 0 Å². The summed E-state index contributed by atoms with van der Waals surface area (Å²) < 4.78 is 5.50. The van der Waals surface area contributed by atoms with E-state index < -0.39 is 0 Å². The Labute approximate surface area is 143 Å². The van der Waals surface area contributed by atoms with Crippen molar-refractivity contribution in [2.24, 2.45) is 0 Å². The molecule has 2 aliphatic rings. The van der Waals surface area contributed by atoms with Crippen LogP contribution in [0.4, 0.5) is 0 Å². The van der Waals surface area contributed by atoms with Gasteiger partial charge in [-0.1, -0.05) is 30.3 Å². The fourth-order valence-electron chi connectivity index (χ4n) is 3.28. The molecule has 2 saturated heterocycles. The maximum atomic E-state index is 12.4. The Hall–Kier alpha value is -1.04. The highest BCUT2D eigenvalue weighted by Gasteiger charge is 2.26. The average molecular weight is 334 g/mol. The summed E-state index contributed by atoms with van der Waals surface area (Å²) in [6.07, 6.45) is 2.21. The molecule has 1 amide bonds. The van der Waals surface area contributed by atoms with Crippen LogP contribution in [0.5, 0.6) is 0 Å². The maximum Gasteiger partial charge on any atom is 0.232 e. The lowest BCUT2D eigenvalue weighted by atomic mass is 10.2. The molecule has 2 heterocycles. The minimum Gasteiger partial charge on any atom is -0.380 e. The van der Waals surface area contributed by atoms with Gasteiger partial charge in [-0.2, -0.15) is 0 Å². The van der Waals surface area contributed by atoms with Gasteiger partial charge >= 0.3 is 0 Å². The fraction of sp³-hybridized carbons (Fsp3) is 0.611. The standard InChI is InChI=1S/C18H26N2O2S/c21-18(15-23-14-16-5-2-1-3-6-16)20-9-4-8-19(10-11-20)17-7-12-22-13-17/h1-3,5-6,17H,4,7-15H2. The number of thioether (sulfide) groups is 1. The molecule has 23 heavy (non-hydrogen) atoms. The van der Waals surface area contributed by atoms with Crippen LogP contribution in [0.1, 0.15) is 18.4 Å². The van der Waals surface area contributed by atoms with Gasteiger partial charge in [0.25, 0.3) is 0 Å². The second kappa shape index (κ2) is 8.71. The largest absolute Gasteiger partial charge is 0.380 e. The van der Waals surface area contributed by atoms with Crippen LogP contribution >= 0.6 is 11.8 Å². The Balaban J connectivity index is 1.41. The smallest absolute Gasteiger partial charge is 0.232 e. The molecule has 4 nitrogen and oxygen atoms in total. The van der Waals surface area contributed by atoms with E-state index >= 15 is 0 Å². The summed E-state index contributed by atoms with van der Waals surface area (Å²) in [7, 11) is 0. The number of rotatable bonds is 5. The average Bonchev–Trinajstić information content (AvgIpc) is 3.00. The van der Waals surface area contributed by atoms with Crippen molar-refractivity contribution in [3.63, 3.8) is 0 Å². The molecule has 1 aromatic rings. The lowest BCUT2D eigenvalue weighted by Gasteiger charge is -2.26. The number of benzene rings is 1. The summed E-state index contributed by atoms with van der Waals surface area (Å²) in [4.78, 5) is 17.0. The minimum atomic E-state index is 0.287. The van der Waals surface area contributed by atoms with Crippen molar-refractivity contribution < 1.29 is 9.53 Å². The molecule has 126 valence electrons. The van der Waals surface area contributed by atoms with Crippen molar-refractivity contribution in [2.75, 3.05) is 45.1 Å². The van der Waals surface area contributed by atoms with Crippen LogP contribution in [-0.2, 0) is 15.3 Å². The molecule has 0 spiro atoms. The van der Waals surface area contributed by atoms with Crippen LogP contribution in [0.2, 0.25) is 0 Å². The molecule has 5 heteroatoms. The SMILES string of the molecule is O=C(CSCc1ccccc1)N1CCCN(C2CCOC2)CC1. The predicted octanol–water partition coefficient (Wildman–Crippen LogP) is 2.24. The molecular weight excluding hydrogens is 308 g/mol. The van der Waals surface area contributed by atoms with Gasteiger partial charge in [-0.15, -0.1) is 11.8 Å². The second-order valence-corrected chi connectivity index (χ2v) is 7.25. The zero-order valence-electron chi connectivity index (χ0n) is 13.7. The summed E-state index contributed by atoms with van der Waals surface area (Å²) in [6.45, 7) is 5.59. The predicted molar refractivity (Wildman–Crippen MR) is 94.6 cm³/mol. The highest BCUT2D eigenvalue weighted by molar-refractivity contribution is 7.99. The molecule has 0 N–H and O–H groups in total. The van der Waals surface area contributed by atoms with Gasteiger partial charge in [0.05, 0.1) is 12.4 Å². The van der Waals surface area contributed by atoms with Gasteiger partial charge in [0.2, 0.25) is 5.91 Å². The van der Waals surface area contributed by atoms with E-state index in [4.69, 9.17) is 4.74 Å². The number of carbonyl (C=O) groups excluding carboxylic acids is 1. The highest BCUT2D eigenvalue weighted by Crippen LogP contribution is 2.16. The molecule has 2 aliphatic heterocycles. The number of ether oxygens (including phenoxy) is 1. The summed E-state index contributed by atoms with van der Waals surface area (Å²) in [6, 6.07) is 10.9. The van der Waals surface area contributed by atoms with E-state index in [0.29, 0.717) is 11.8 Å². The number of nitrogens with zero attached hydrogens (tertiary/aromatic N) is 2. The van der Waals surface area contributed by atoms with E-state index in [0.717, 1.165) is 58.0 Å². The highest BCUT2D eigenvalue weighted by atomic mass is 32.2. The summed E-state index contributed by atoms with van der Waals surface area (Å²) in [5.74, 6) is 1.78. The second-order valence-electron chi connectivity index (χ2n) is 6.27. The summed E-state index contributed by atoms with van der Waals surface area (Å²) >= 11 is 1.72. The zero-order valence-corrected chi connectivity index (χ0v) is 14.5. The number of carbonyl (C=O) groups is 1. The molecule has 2 fully saturated rings. The Morgan fingerprint density at radius 1 is 1.17 bits per heavy atom. The molecule has 3 rings (SSSR count). The summed E-state index contributed by atoms with van der Waals surface area (Å²) in [5.41, 5.74) is 1.29. The first-order valence-electron chi connectivity index (χ1n) is 8.54. The quantitative estimate of drug-likeness (QED) is 0.827. The van der Waals surface area contributed by atoms with Gasteiger partial charge in [-0.05, 0) is 18.4 Å². The molecule has 0 bridgehead atoms. The van der Waals surface area contributed by atoms with Crippen LogP contribution < -0.4 is 0 Å². The van der Waals surface area contributed by atoms with Crippen molar-refractivity contribution in [3.8, 4) is 0 Å². The third-order valence-corrected chi connectivity index (χ3v) is 5.63. The molecular formula is C18H26N2O2S. The summed E-state index contributed by atoms with van der Waals surface area (Å²) in [5, 5.41) is 0. The molecule has 0 aromatic heterocycles. The van der Waals surface area contributed by atoms with Gasteiger partial charge in [-0.3, -0.25) is 9.69 Å². The van der Waals surface area contributed by atoms with Crippen LogP contribution in [-0.4, -0.2) is 66.9 Å². The van der Waals surface area contributed by atoms with Gasteiger partial charge in [0, 0.05) is 44.6 Å². The zero-order chi connectivity index (χ0) is 15.9. The van der Waals surface area contributed by atoms with Crippen molar-refractivity contribution in [1.29, 1.82) is 0 Å². The lowest BCUT2D eigenvalue weighted by Crippen LogP contribution is -2.40. The van der Waals surface area contributed by atoms with Crippen molar-refractivity contribution in [1.82, 2.24) is 9.80 Å². The monoisotopic (exact) mass is 334 g/mol. The molecule has 1 aromatic carbocycles. The molecule has 0 radical (unpaired) electrons. The molecule has 0 saturated carbocycles. The Morgan fingerprint density at radius 3 is 2.83 bits per heavy atom. The van der Waals surface area contributed by atoms with Crippen molar-refractivity contribution >= 4 is 17.7 Å². The topological polar surface area (TPSA) is 32.8 Å². The first-order chi connectivity index (χ1) is 11.3. The van der Waals surface area contributed by atoms with Crippen LogP contribution in [0.15, 0.2) is 30.3 Å². The van der Waals surface area contributed by atoms with Gasteiger partial charge < -0.3 is 9.64 Å². The lowest BCUT2D eigenvalue weighted by molar-refractivity contribution is -0.128. The van der Waals surface area contributed by atoms with E-state index in [1.165, 1.54) is 5.56 Å². The Morgan fingerprint density at radius 2 is 2.04 bits per heavy atom. The van der Waals surface area contributed by atoms with Crippen molar-refractivity contribution in [3.05, 3.63) is 35.9 Å². The Bertz CT molecular complexity index is 491. The number of hydrogen-bond donors (Lipinski definition) is 0. The van der Waals surface area contributed by atoms with Crippen LogP contribution in [0.3, 0.4) is 0 Å². The van der Waals surface area contributed by atoms with E-state index in [9.17, 15) is 4.79 Å². The maximum absolute atomic E-state index is 12.4. The molecule has 1 unspecified atom stereocenters. The Kier molecular flexibility index (Phi) is 6.37. The van der Waals surface area contributed by atoms with Gasteiger partial charge in [-0.25, -0.2) is 0 Å². The van der Waals surface area contributed by atoms with E-state index in [1.807, 2.05) is 23.1 Å². The van der Waals surface area contributed by atoms with Gasteiger partial charge in [0.15, 0.2) is 0 Å². The minimum absolute atomic E-state index is 0.287. The van der Waals surface area contributed by atoms with E-state index in [2.05, 4.69) is 17.0 Å². The third-order valence-electron chi connectivity index (χ3n) is 4.64. The third kappa shape index (κ3) is 4.96. The van der Waals surface area contributed by atoms with Crippen LogP contribution in [0.25, 0.3) is 0 Å².